The van der Waals surface area contributed by atoms with Crippen molar-refractivity contribution in [3.8, 4) is 0 Å². The molecule has 0 aromatic rings. The summed E-state index contributed by atoms with van der Waals surface area (Å²) in [6.07, 6.45) is 2.75. The number of hydrogen-bond acceptors (Lipinski definition) is 0. The minimum atomic E-state index is 0.131. The van der Waals surface area contributed by atoms with Gasteiger partial charge in [-0.2, -0.15) is 0 Å². The predicted octanol–water partition coefficient (Wildman–Crippen LogP) is 6.36. The minimum Gasteiger partial charge on any atom is -0.0979 e. The Morgan fingerprint density at radius 3 is 1.00 bits per heavy atom. The SMILES string of the molecule is CC[P@@]([C@H](C)[C@@H](C)[P@](CC)C(C)(C)C)C(C)(C)C. The maximum atomic E-state index is 2.53. The first-order valence-corrected chi connectivity index (χ1v) is 10.7. The molecule has 0 rings (SSSR count). The van der Waals surface area contributed by atoms with Crippen molar-refractivity contribution in [3.63, 3.8) is 0 Å². The third kappa shape index (κ3) is 5.09. The fraction of sp³-hybridized carbons (Fsp3) is 1.00. The summed E-state index contributed by atoms with van der Waals surface area (Å²) in [7, 11) is 0.262. The summed E-state index contributed by atoms with van der Waals surface area (Å²) in [6, 6.07) is 0. The van der Waals surface area contributed by atoms with Gasteiger partial charge in [0.2, 0.25) is 0 Å². The second kappa shape index (κ2) is 7.04. The van der Waals surface area contributed by atoms with E-state index in [9.17, 15) is 0 Å². The van der Waals surface area contributed by atoms with Gasteiger partial charge in [0.25, 0.3) is 0 Å². The standard InChI is InChI=1S/C16H36P2/c1-11-17(15(5,6)7)13(3)14(4)18(12-2)16(8,9)10/h13-14H,11-12H2,1-10H3/t13-,14-,17+,18+/m1/s1. The first-order chi connectivity index (χ1) is 7.96. The summed E-state index contributed by atoms with van der Waals surface area (Å²) >= 11 is 0. The molecule has 0 aromatic carbocycles. The van der Waals surface area contributed by atoms with Gasteiger partial charge in [0, 0.05) is 0 Å². The molecule has 0 radical (unpaired) electrons. The Hall–Kier alpha value is 0.860. The summed E-state index contributed by atoms with van der Waals surface area (Å²) in [4.78, 5) is 0. The van der Waals surface area contributed by atoms with E-state index < -0.39 is 0 Å². The Bertz CT molecular complexity index is 208. The van der Waals surface area contributed by atoms with Crippen LogP contribution >= 0.6 is 15.8 Å². The Morgan fingerprint density at radius 1 is 0.667 bits per heavy atom. The highest BCUT2D eigenvalue weighted by Gasteiger charge is 2.36. The van der Waals surface area contributed by atoms with Gasteiger partial charge in [0.15, 0.2) is 0 Å². The zero-order valence-corrected chi connectivity index (χ0v) is 16.3. The van der Waals surface area contributed by atoms with Crippen LogP contribution in [-0.4, -0.2) is 34.0 Å². The highest BCUT2D eigenvalue weighted by atomic mass is 31.1. The quantitative estimate of drug-likeness (QED) is 0.516. The molecule has 0 aliphatic rings. The zero-order chi connectivity index (χ0) is 14.7. The molecule has 0 N–H and O–H groups in total. The molecule has 0 aromatic heterocycles. The maximum Gasteiger partial charge on any atom is -0.0168 e. The lowest BCUT2D eigenvalue weighted by Gasteiger charge is -2.44. The Labute approximate surface area is 119 Å². The van der Waals surface area contributed by atoms with Gasteiger partial charge < -0.3 is 0 Å². The molecule has 0 unspecified atom stereocenters. The summed E-state index contributed by atoms with van der Waals surface area (Å²) in [5.74, 6) is 0. The average Bonchev–Trinajstić information content (AvgIpc) is 2.14. The molecular weight excluding hydrogens is 254 g/mol. The lowest BCUT2D eigenvalue weighted by Crippen LogP contribution is -2.31. The summed E-state index contributed by atoms with van der Waals surface area (Å²) in [5, 5.41) is 1.01. The van der Waals surface area contributed by atoms with Crippen molar-refractivity contribution < 1.29 is 0 Å². The monoisotopic (exact) mass is 290 g/mol. The van der Waals surface area contributed by atoms with Gasteiger partial charge >= 0.3 is 0 Å². The van der Waals surface area contributed by atoms with E-state index in [1.54, 1.807) is 0 Å². The van der Waals surface area contributed by atoms with E-state index in [4.69, 9.17) is 0 Å². The predicted molar refractivity (Wildman–Crippen MR) is 93.4 cm³/mol. The third-order valence-electron chi connectivity index (χ3n) is 4.09. The Morgan fingerprint density at radius 2 is 0.889 bits per heavy atom. The van der Waals surface area contributed by atoms with E-state index in [1.165, 1.54) is 12.3 Å². The Balaban J connectivity index is 5.01. The molecule has 0 amide bonds. The number of rotatable bonds is 5. The molecule has 0 saturated heterocycles. The van der Waals surface area contributed by atoms with E-state index in [0.717, 1.165) is 11.3 Å². The summed E-state index contributed by atoms with van der Waals surface area (Å²) in [5.41, 5.74) is 1.80. The van der Waals surface area contributed by atoms with Gasteiger partial charge in [-0.1, -0.05) is 85.1 Å². The van der Waals surface area contributed by atoms with E-state index in [2.05, 4.69) is 69.2 Å². The molecule has 0 nitrogen and oxygen atoms in total. The molecule has 4 atom stereocenters. The van der Waals surface area contributed by atoms with Gasteiger partial charge in [0.05, 0.1) is 0 Å². The molecule has 0 bridgehead atoms. The molecule has 110 valence electrons. The van der Waals surface area contributed by atoms with Crippen LogP contribution in [0.3, 0.4) is 0 Å². The maximum absolute atomic E-state index is 2.53. The average molecular weight is 290 g/mol. The lowest BCUT2D eigenvalue weighted by molar-refractivity contribution is 0.730. The smallest absolute Gasteiger partial charge is 0.0168 e. The third-order valence-corrected chi connectivity index (χ3v) is 12.0. The zero-order valence-electron chi connectivity index (χ0n) is 14.5. The molecule has 2 heteroatoms. The largest absolute Gasteiger partial charge is 0.0979 e. The molecule has 0 fully saturated rings. The number of hydrogen-bond donors (Lipinski definition) is 0. The summed E-state index contributed by atoms with van der Waals surface area (Å²) in [6.45, 7) is 24.5. The van der Waals surface area contributed by atoms with Gasteiger partial charge in [-0.3, -0.25) is 0 Å². The minimum absolute atomic E-state index is 0.131. The van der Waals surface area contributed by atoms with Gasteiger partial charge in [-0.05, 0) is 34.0 Å². The van der Waals surface area contributed by atoms with Crippen LogP contribution in [0.15, 0.2) is 0 Å². The van der Waals surface area contributed by atoms with E-state index in [0.29, 0.717) is 10.3 Å². The normalized spacial score (nSPS) is 20.3. The van der Waals surface area contributed by atoms with Gasteiger partial charge in [-0.25, -0.2) is 0 Å². The van der Waals surface area contributed by atoms with Crippen LogP contribution in [0, 0.1) is 0 Å². The van der Waals surface area contributed by atoms with Crippen molar-refractivity contribution in [1.82, 2.24) is 0 Å². The topological polar surface area (TPSA) is 0 Å². The van der Waals surface area contributed by atoms with Crippen LogP contribution in [0.1, 0.15) is 69.2 Å². The highest BCUT2D eigenvalue weighted by molar-refractivity contribution is 7.64. The molecule has 0 saturated carbocycles. The molecule has 0 spiro atoms. The van der Waals surface area contributed by atoms with E-state index in [-0.39, 0.29) is 15.8 Å². The van der Waals surface area contributed by atoms with Crippen LogP contribution < -0.4 is 0 Å². The van der Waals surface area contributed by atoms with Crippen molar-refractivity contribution in [2.24, 2.45) is 0 Å². The van der Waals surface area contributed by atoms with Crippen LogP contribution in [0.25, 0.3) is 0 Å². The van der Waals surface area contributed by atoms with Crippen molar-refractivity contribution in [2.75, 3.05) is 12.3 Å². The Kier molecular flexibility index (Phi) is 7.37. The van der Waals surface area contributed by atoms with Crippen LogP contribution in [-0.2, 0) is 0 Å². The molecular formula is C16H36P2. The highest BCUT2D eigenvalue weighted by Crippen LogP contribution is 2.62. The van der Waals surface area contributed by atoms with E-state index in [1.807, 2.05) is 0 Å². The van der Waals surface area contributed by atoms with Crippen LogP contribution in [0.2, 0.25) is 0 Å². The van der Waals surface area contributed by atoms with Gasteiger partial charge in [0.1, 0.15) is 0 Å². The molecule has 0 heterocycles. The summed E-state index contributed by atoms with van der Waals surface area (Å²) < 4.78 is 0. The first kappa shape index (κ1) is 18.9. The molecule has 18 heavy (non-hydrogen) atoms. The molecule has 0 aliphatic heterocycles. The van der Waals surface area contributed by atoms with Gasteiger partial charge in [-0.15, -0.1) is 0 Å². The second-order valence-electron chi connectivity index (χ2n) is 7.39. The second-order valence-corrected chi connectivity index (χ2v) is 14.9. The van der Waals surface area contributed by atoms with E-state index >= 15 is 0 Å². The van der Waals surface area contributed by atoms with Crippen molar-refractivity contribution in [2.45, 2.75) is 90.9 Å². The van der Waals surface area contributed by atoms with Crippen molar-refractivity contribution in [3.05, 3.63) is 0 Å². The first-order valence-electron chi connectivity index (χ1n) is 7.50. The fourth-order valence-electron chi connectivity index (χ4n) is 3.27. The van der Waals surface area contributed by atoms with Crippen molar-refractivity contribution in [1.29, 1.82) is 0 Å². The van der Waals surface area contributed by atoms with Crippen LogP contribution in [0.5, 0.6) is 0 Å². The molecule has 0 aliphatic carbocycles. The van der Waals surface area contributed by atoms with Crippen LogP contribution in [0.4, 0.5) is 0 Å². The van der Waals surface area contributed by atoms with Crippen molar-refractivity contribution >= 4 is 15.8 Å². The fourth-order valence-corrected chi connectivity index (χ4v) is 10.8. The lowest BCUT2D eigenvalue weighted by atomic mass is 10.2.